The summed E-state index contributed by atoms with van der Waals surface area (Å²) in [5.74, 6) is 0.906. The maximum Gasteiger partial charge on any atom is 0.253 e. The predicted octanol–water partition coefficient (Wildman–Crippen LogP) is 2.60. The second kappa shape index (κ2) is 6.02. The molecule has 2 aromatic rings. The summed E-state index contributed by atoms with van der Waals surface area (Å²) in [7, 11) is 0. The molecule has 0 saturated carbocycles. The number of benzene rings is 1. The molecule has 2 unspecified atom stereocenters. The number of H-pyrrole nitrogens is 1. The van der Waals surface area contributed by atoms with Crippen molar-refractivity contribution in [3.63, 3.8) is 0 Å². The number of rotatable bonds is 3. The Balaban J connectivity index is 1.83. The van der Waals surface area contributed by atoms with Crippen LogP contribution in [0.5, 0.6) is 0 Å². The molecule has 116 valence electrons. The van der Waals surface area contributed by atoms with Gasteiger partial charge in [-0.1, -0.05) is 13.0 Å². The van der Waals surface area contributed by atoms with E-state index in [-0.39, 0.29) is 17.9 Å². The normalized spacial score (nSPS) is 21.0. The molecule has 6 nitrogen and oxygen atoms in total. The smallest absolute Gasteiger partial charge is 0.253 e. The van der Waals surface area contributed by atoms with Gasteiger partial charge in [0.15, 0.2) is 4.77 Å². The molecule has 22 heavy (non-hydrogen) atoms. The molecule has 7 heteroatoms. The number of hydrogen-bond donors (Lipinski definition) is 2. The molecule has 2 atom stereocenters. The molecule has 2 N–H and O–H groups in total. The van der Waals surface area contributed by atoms with E-state index in [1.54, 1.807) is 0 Å². The lowest BCUT2D eigenvalue weighted by Gasteiger charge is -2.15. The van der Waals surface area contributed by atoms with E-state index in [2.05, 4.69) is 15.5 Å². The van der Waals surface area contributed by atoms with Crippen molar-refractivity contribution in [2.24, 2.45) is 5.92 Å². The summed E-state index contributed by atoms with van der Waals surface area (Å²) in [6.45, 7) is 4.54. The highest BCUT2D eigenvalue weighted by atomic mass is 32.1. The van der Waals surface area contributed by atoms with Crippen molar-refractivity contribution in [2.45, 2.75) is 26.4 Å². The molecule has 0 bridgehead atoms. The summed E-state index contributed by atoms with van der Waals surface area (Å²) >= 11 is 5.23. The summed E-state index contributed by atoms with van der Waals surface area (Å²) in [5, 5.41) is 9.76. The first-order valence-electron chi connectivity index (χ1n) is 7.23. The number of anilines is 1. The number of nitrogens with one attached hydrogen (secondary N) is 2. The van der Waals surface area contributed by atoms with Crippen molar-refractivity contribution in [1.82, 2.24) is 14.8 Å². The van der Waals surface area contributed by atoms with Crippen LogP contribution in [0.1, 0.15) is 19.2 Å². The van der Waals surface area contributed by atoms with Gasteiger partial charge in [-0.25, -0.2) is 0 Å². The first-order chi connectivity index (χ1) is 10.6. The zero-order chi connectivity index (χ0) is 15.7. The summed E-state index contributed by atoms with van der Waals surface area (Å²) in [4.78, 5) is 12.3. The van der Waals surface area contributed by atoms with Gasteiger partial charge in [-0.05, 0) is 49.7 Å². The molecule has 1 aliphatic rings. The molecule has 2 heterocycles. The maximum atomic E-state index is 12.3. The van der Waals surface area contributed by atoms with E-state index in [1.807, 2.05) is 42.7 Å². The van der Waals surface area contributed by atoms with Crippen molar-refractivity contribution < 1.29 is 9.53 Å². The number of amides is 1. The van der Waals surface area contributed by atoms with Gasteiger partial charge in [-0.2, -0.15) is 5.10 Å². The van der Waals surface area contributed by atoms with Crippen LogP contribution in [0, 0.1) is 17.6 Å². The fraction of sp³-hybridized carbons (Fsp3) is 0.400. The van der Waals surface area contributed by atoms with Gasteiger partial charge in [0.25, 0.3) is 5.91 Å². The molecule has 1 fully saturated rings. The van der Waals surface area contributed by atoms with Crippen molar-refractivity contribution in [3.8, 4) is 5.69 Å². The van der Waals surface area contributed by atoms with E-state index in [1.165, 1.54) is 0 Å². The molecule has 3 rings (SSSR count). The zero-order valence-corrected chi connectivity index (χ0v) is 13.3. The SMILES string of the molecule is Cc1n[nH]c(=S)n1-c1cccc(NC(=O)C2OCCC2C)c1. The van der Waals surface area contributed by atoms with Crippen LogP contribution in [0.2, 0.25) is 0 Å². The Morgan fingerprint density at radius 3 is 3.00 bits per heavy atom. The van der Waals surface area contributed by atoms with Crippen LogP contribution in [0.15, 0.2) is 24.3 Å². The molecule has 0 spiro atoms. The highest BCUT2D eigenvalue weighted by Gasteiger charge is 2.30. The summed E-state index contributed by atoms with van der Waals surface area (Å²) in [6.07, 6.45) is 0.545. The van der Waals surface area contributed by atoms with Crippen LogP contribution >= 0.6 is 12.2 Å². The molecule has 1 aromatic carbocycles. The quantitative estimate of drug-likeness (QED) is 0.853. The minimum atomic E-state index is -0.374. The highest BCUT2D eigenvalue weighted by molar-refractivity contribution is 7.71. The van der Waals surface area contributed by atoms with Gasteiger partial charge in [-0.3, -0.25) is 14.5 Å². The van der Waals surface area contributed by atoms with Gasteiger partial charge >= 0.3 is 0 Å². The Bertz CT molecular complexity index is 752. The van der Waals surface area contributed by atoms with Crippen LogP contribution in [-0.2, 0) is 9.53 Å². The fourth-order valence-corrected chi connectivity index (χ4v) is 2.93. The number of hydrogen-bond acceptors (Lipinski definition) is 4. The molecule has 0 radical (unpaired) electrons. The minimum Gasteiger partial charge on any atom is -0.368 e. The van der Waals surface area contributed by atoms with Gasteiger partial charge in [0.1, 0.15) is 11.9 Å². The summed E-state index contributed by atoms with van der Waals surface area (Å²) < 4.78 is 7.83. The largest absolute Gasteiger partial charge is 0.368 e. The number of carbonyl (C=O) groups is 1. The van der Waals surface area contributed by atoms with Gasteiger partial charge in [0.05, 0.1) is 5.69 Å². The zero-order valence-electron chi connectivity index (χ0n) is 12.5. The summed E-state index contributed by atoms with van der Waals surface area (Å²) in [6, 6.07) is 7.51. The Kier molecular flexibility index (Phi) is 4.08. The molecule has 1 aliphatic heterocycles. The number of aromatic nitrogens is 3. The van der Waals surface area contributed by atoms with E-state index < -0.39 is 0 Å². The van der Waals surface area contributed by atoms with Crippen LogP contribution in [0.3, 0.4) is 0 Å². The molecule has 1 saturated heterocycles. The van der Waals surface area contributed by atoms with Crippen LogP contribution in [0.4, 0.5) is 5.69 Å². The Hall–Kier alpha value is -1.99. The van der Waals surface area contributed by atoms with E-state index in [9.17, 15) is 4.79 Å². The molecule has 1 aromatic heterocycles. The van der Waals surface area contributed by atoms with Crippen molar-refractivity contribution in [1.29, 1.82) is 0 Å². The second-order valence-corrected chi connectivity index (χ2v) is 5.90. The lowest BCUT2D eigenvalue weighted by Crippen LogP contribution is -2.31. The molecule has 0 aliphatic carbocycles. The minimum absolute atomic E-state index is 0.102. The van der Waals surface area contributed by atoms with Crippen LogP contribution in [-0.4, -0.2) is 33.4 Å². The molecule has 1 amide bonds. The number of carbonyl (C=O) groups excluding carboxylic acids is 1. The average molecular weight is 318 g/mol. The molecular weight excluding hydrogens is 300 g/mol. The summed E-state index contributed by atoms with van der Waals surface area (Å²) in [5.41, 5.74) is 1.57. The number of nitrogens with zero attached hydrogens (tertiary/aromatic N) is 2. The Labute approximate surface area is 133 Å². The highest BCUT2D eigenvalue weighted by Crippen LogP contribution is 2.22. The van der Waals surface area contributed by atoms with Crippen LogP contribution in [0.25, 0.3) is 5.69 Å². The van der Waals surface area contributed by atoms with E-state index >= 15 is 0 Å². The van der Waals surface area contributed by atoms with Gasteiger partial charge in [0.2, 0.25) is 0 Å². The lowest BCUT2D eigenvalue weighted by molar-refractivity contribution is -0.126. The maximum absolute atomic E-state index is 12.3. The monoisotopic (exact) mass is 318 g/mol. The Morgan fingerprint density at radius 1 is 1.55 bits per heavy atom. The van der Waals surface area contributed by atoms with Crippen molar-refractivity contribution in [3.05, 3.63) is 34.9 Å². The van der Waals surface area contributed by atoms with Gasteiger partial charge in [-0.15, -0.1) is 0 Å². The number of ether oxygens (including phenoxy) is 1. The predicted molar refractivity (Wildman–Crippen MR) is 85.6 cm³/mol. The third-order valence-corrected chi connectivity index (χ3v) is 4.13. The number of aromatic amines is 1. The fourth-order valence-electron chi connectivity index (χ4n) is 2.65. The number of aryl methyl sites for hydroxylation is 1. The third kappa shape index (κ3) is 2.82. The standard InChI is InChI=1S/C15H18N4O2S/c1-9-6-7-21-13(9)14(20)16-11-4-3-5-12(8-11)19-10(2)17-18-15(19)22/h3-5,8-9,13H,6-7H2,1-2H3,(H,16,20)(H,18,22). The van der Waals surface area contributed by atoms with Crippen molar-refractivity contribution >= 4 is 23.8 Å². The van der Waals surface area contributed by atoms with E-state index in [4.69, 9.17) is 17.0 Å². The Morgan fingerprint density at radius 2 is 2.36 bits per heavy atom. The van der Waals surface area contributed by atoms with E-state index in [0.29, 0.717) is 17.1 Å². The lowest BCUT2D eigenvalue weighted by atomic mass is 10.0. The van der Waals surface area contributed by atoms with Gasteiger partial charge < -0.3 is 10.1 Å². The second-order valence-electron chi connectivity index (χ2n) is 5.51. The van der Waals surface area contributed by atoms with Gasteiger partial charge in [0, 0.05) is 12.3 Å². The average Bonchev–Trinajstić information content (AvgIpc) is 3.05. The topological polar surface area (TPSA) is 71.9 Å². The first kappa shape index (κ1) is 14.9. The third-order valence-electron chi connectivity index (χ3n) is 3.86. The van der Waals surface area contributed by atoms with Crippen molar-refractivity contribution in [2.75, 3.05) is 11.9 Å². The van der Waals surface area contributed by atoms with E-state index in [0.717, 1.165) is 17.9 Å². The first-order valence-corrected chi connectivity index (χ1v) is 7.64. The van der Waals surface area contributed by atoms with Crippen LogP contribution < -0.4 is 5.32 Å². The molecular formula is C15H18N4O2S.